The molecule has 0 aromatic heterocycles. The summed E-state index contributed by atoms with van der Waals surface area (Å²) in [6.07, 6.45) is 2.53. The van der Waals surface area contributed by atoms with Crippen LogP contribution < -0.4 is 0 Å². The molecule has 1 N–H and O–H groups in total. The fourth-order valence-electron chi connectivity index (χ4n) is 1.52. The van der Waals surface area contributed by atoms with Gasteiger partial charge < -0.3 is 9.84 Å². The maximum Gasteiger partial charge on any atom is 0.306 e. The second-order valence-corrected chi connectivity index (χ2v) is 4.24. The molecular weight excluding hydrogens is 216 g/mol. The number of carbonyl (C=O) groups excluding carboxylic acids is 1. The van der Waals surface area contributed by atoms with Crippen LogP contribution in [0.25, 0.3) is 0 Å². The van der Waals surface area contributed by atoms with E-state index in [4.69, 9.17) is 9.84 Å². The Kier molecular flexibility index (Phi) is 6.33. The van der Waals surface area contributed by atoms with Crippen LogP contribution in [-0.4, -0.2) is 17.2 Å². The van der Waals surface area contributed by atoms with Gasteiger partial charge in [0, 0.05) is 6.42 Å². The molecule has 0 radical (unpaired) electrons. The molecule has 1 aromatic carbocycles. The summed E-state index contributed by atoms with van der Waals surface area (Å²) in [7, 11) is 0. The van der Waals surface area contributed by atoms with Crippen LogP contribution >= 0.6 is 0 Å². The van der Waals surface area contributed by atoms with Gasteiger partial charge in [-0.05, 0) is 25.3 Å². The first-order valence-electron chi connectivity index (χ1n) is 6.06. The summed E-state index contributed by atoms with van der Waals surface area (Å²) in [5.74, 6) is -0.167. The summed E-state index contributed by atoms with van der Waals surface area (Å²) < 4.78 is 5.13. The first kappa shape index (κ1) is 13.7. The molecule has 1 atom stereocenters. The van der Waals surface area contributed by atoms with Gasteiger partial charge in [-0.15, -0.1) is 0 Å². The van der Waals surface area contributed by atoms with Crippen LogP contribution in [0.1, 0.15) is 38.2 Å². The van der Waals surface area contributed by atoms with Crippen LogP contribution in [0.3, 0.4) is 0 Å². The van der Waals surface area contributed by atoms with E-state index in [1.807, 2.05) is 30.3 Å². The van der Waals surface area contributed by atoms with Crippen LogP contribution in [0.5, 0.6) is 0 Å². The molecule has 0 spiro atoms. The molecule has 0 fully saturated rings. The molecule has 3 nitrogen and oxygen atoms in total. The first-order valence-corrected chi connectivity index (χ1v) is 6.06. The average Bonchev–Trinajstić information content (AvgIpc) is 2.33. The third kappa shape index (κ3) is 6.74. The molecule has 0 heterocycles. The van der Waals surface area contributed by atoms with Gasteiger partial charge in [-0.2, -0.15) is 0 Å². The second kappa shape index (κ2) is 7.85. The largest absolute Gasteiger partial charge is 0.461 e. The zero-order valence-corrected chi connectivity index (χ0v) is 10.3. The van der Waals surface area contributed by atoms with Crippen LogP contribution in [0.2, 0.25) is 0 Å². The Hall–Kier alpha value is -1.35. The molecular formula is C14H20O3. The van der Waals surface area contributed by atoms with Crippen LogP contribution in [0, 0.1) is 0 Å². The van der Waals surface area contributed by atoms with Crippen LogP contribution in [-0.2, 0) is 16.1 Å². The molecule has 94 valence electrons. The molecule has 0 amide bonds. The van der Waals surface area contributed by atoms with E-state index in [1.54, 1.807) is 6.92 Å². The Bertz CT molecular complexity index is 319. The fraction of sp³-hybridized carbons (Fsp3) is 0.500. The highest BCUT2D eigenvalue weighted by Gasteiger charge is 2.03. The number of hydrogen-bond acceptors (Lipinski definition) is 3. The summed E-state index contributed by atoms with van der Waals surface area (Å²) >= 11 is 0. The Balaban J connectivity index is 2.09. The minimum Gasteiger partial charge on any atom is -0.461 e. The van der Waals surface area contributed by atoms with E-state index in [9.17, 15) is 4.79 Å². The molecule has 3 heteroatoms. The summed E-state index contributed by atoms with van der Waals surface area (Å²) in [6, 6.07) is 9.64. The predicted octanol–water partition coefficient (Wildman–Crippen LogP) is 2.67. The smallest absolute Gasteiger partial charge is 0.306 e. The zero-order valence-electron chi connectivity index (χ0n) is 10.3. The van der Waals surface area contributed by atoms with Gasteiger partial charge in [0.05, 0.1) is 6.10 Å². The van der Waals surface area contributed by atoms with Crippen molar-refractivity contribution in [2.24, 2.45) is 0 Å². The SMILES string of the molecule is C[C@H](O)CCCCC(=O)OCc1ccccc1. The Morgan fingerprint density at radius 3 is 2.65 bits per heavy atom. The van der Waals surface area contributed by atoms with Crippen molar-refractivity contribution in [1.29, 1.82) is 0 Å². The lowest BCUT2D eigenvalue weighted by atomic mass is 10.1. The molecule has 0 bridgehead atoms. The standard InChI is InChI=1S/C14H20O3/c1-12(15)7-5-6-10-14(16)17-11-13-8-3-2-4-9-13/h2-4,8-9,12,15H,5-7,10-11H2,1H3/t12-/m0/s1. The van der Waals surface area contributed by atoms with Gasteiger partial charge >= 0.3 is 5.97 Å². The fourth-order valence-corrected chi connectivity index (χ4v) is 1.52. The van der Waals surface area contributed by atoms with E-state index < -0.39 is 0 Å². The van der Waals surface area contributed by atoms with E-state index in [2.05, 4.69) is 0 Å². The van der Waals surface area contributed by atoms with E-state index in [-0.39, 0.29) is 12.1 Å². The Morgan fingerprint density at radius 2 is 2.00 bits per heavy atom. The van der Waals surface area contributed by atoms with Crippen molar-refractivity contribution in [1.82, 2.24) is 0 Å². The zero-order chi connectivity index (χ0) is 12.5. The molecule has 0 unspecified atom stereocenters. The maximum absolute atomic E-state index is 11.4. The number of benzene rings is 1. The third-order valence-corrected chi connectivity index (χ3v) is 2.50. The highest BCUT2D eigenvalue weighted by molar-refractivity contribution is 5.69. The summed E-state index contributed by atoms with van der Waals surface area (Å²) in [5.41, 5.74) is 1.00. The van der Waals surface area contributed by atoms with Gasteiger partial charge in [0.25, 0.3) is 0 Å². The van der Waals surface area contributed by atoms with Gasteiger partial charge in [0.15, 0.2) is 0 Å². The summed E-state index contributed by atoms with van der Waals surface area (Å²) in [4.78, 5) is 11.4. The quantitative estimate of drug-likeness (QED) is 0.585. The Morgan fingerprint density at radius 1 is 1.29 bits per heavy atom. The van der Waals surface area contributed by atoms with Crippen LogP contribution in [0.4, 0.5) is 0 Å². The molecule has 1 rings (SSSR count). The lowest BCUT2D eigenvalue weighted by molar-refractivity contribution is -0.145. The molecule has 0 aliphatic heterocycles. The molecule has 1 aromatic rings. The number of hydrogen-bond donors (Lipinski definition) is 1. The number of carbonyl (C=O) groups is 1. The summed E-state index contributed by atoms with van der Waals surface area (Å²) in [6.45, 7) is 2.10. The van der Waals surface area contributed by atoms with E-state index in [1.165, 1.54) is 0 Å². The van der Waals surface area contributed by atoms with Gasteiger partial charge in [-0.3, -0.25) is 4.79 Å². The highest BCUT2D eigenvalue weighted by atomic mass is 16.5. The number of aliphatic hydroxyl groups excluding tert-OH is 1. The van der Waals surface area contributed by atoms with Crippen molar-refractivity contribution in [3.05, 3.63) is 35.9 Å². The second-order valence-electron chi connectivity index (χ2n) is 4.24. The lowest BCUT2D eigenvalue weighted by Crippen LogP contribution is -2.05. The van der Waals surface area contributed by atoms with Gasteiger partial charge in [0.2, 0.25) is 0 Å². The molecule has 0 aliphatic carbocycles. The number of aliphatic hydroxyl groups is 1. The maximum atomic E-state index is 11.4. The third-order valence-electron chi connectivity index (χ3n) is 2.50. The van der Waals surface area contributed by atoms with Crippen LogP contribution in [0.15, 0.2) is 30.3 Å². The van der Waals surface area contributed by atoms with Crippen molar-refractivity contribution in [2.45, 2.75) is 45.3 Å². The van der Waals surface area contributed by atoms with Crippen molar-refractivity contribution in [3.8, 4) is 0 Å². The van der Waals surface area contributed by atoms with Crippen molar-refractivity contribution >= 4 is 5.97 Å². The number of rotatable bonds is 7. The molecule has 0 saturated heterocycles. The van der Waals surface area contributed by atoms with Crippen molar-refractivity contribution in [3.63, 3.8) is 0 Å². The average molecular weight is 236 g/mol. The van der Waals surface area contributed by atoms with Gasteiger partial charge in [-0.1, -0.05) is 36.8 Å². The number of ether oxygens (including phenoxy) is 1. The van der Waals surface area contributed by atoms with E-state index in [0.29, 0.717) is 13.0 Å². The topological polar surface area (TPSA) is 46.5 Å². The first-order chi connectivity index (χ1) is 8.18. The summed E-state index contributed by atoms with van der Waals surface area (Å²) in [5, 5.41) is 9.05. The van der Waals surface area contributed by atoms with Crippen molar-refractivity contribution < 1.29 is 14.6 Å². The van der Waals surface area contributed by atoms with Gasteiger partial charge in [0.1, 0.15) is 6.61 Å². The normalized spacial score (nSPS) is 12.1. The van der Waals surface area contributed by atoms with E-state index >= 15 is 0 Å². The van der Waals surface area contributed by atoms with E-state index in [0.717, 1.165) is 24.8 Å². The monoisotopic (exact) mass is 236 g/mol. The predicted molar refractivity (Wildman–Crippen MR) is 66.4 cm³/mol. The highest BCUT2D eigenvalue weighted by Crippen LogP contribution is 2.06. The number of unbranched alkanes of at least 4 members (excludes halogenated alkanes) is 1. The molecule has 17 heavy (non-hydrogen) atoms. The van der Waals surface area contributed by atoms with Gasteiger partial charge in [-0.25, -0.2) is 0 Å². The Labute approximate surface area is 102 Å². The molecule has 0 aliphatic rings. The van der Waals surface area contributed by atoms with Crippen molar-refractivity contribution in [2.75, 3.05) is 0 Å². The minimum absolute atomic E-state index is 0.167. The number of esters is 1. The molecule has 0 saturated carbocycles. The lowest BCUT2D eigenvalue weighted by Gasteiger charge is -2.05. The minimum atomic E-state index is -0.282.